The summed E-state index contributed by atoms with van der Waals surface area (Å²) in [7, 11) is 1.89. The minimum absolute atomic E-state index is 0.240. The zero-order valence-electron chi connectivity index (χ0n) is 15.0. The number of carbonyl (C=O) groups excluding carboxylic acids is 1. The molecule has 0 N–H and O–H groups in total. The Balaban J connectivity index is 1.52. The molecular weight excluding hydrogens is 298 g/mol. The Morgan fingerprint density at radius 2 is 2.00 bits per heavy atom. The van der Waals surface area contributed by atoms with Gasteiger partial charge in [-0.3, -0.25) is 14.7 Å². The van der Waals surface area contributed by atoms with Gasteiger partial charge < -0.3 is 4.90 Å². The van der Waals surface area contributed by atoms with Crippen molar-refractivity contribution in [3.8, 4) is 0 Å². The van der Waals surface area contributed by atoms with Gasteiger partial charge in [0, 0.05) is 39.0 Å². The average molecular weight is 325 g/mol. The van der Waals surface area contributed by atoms with Crippen LogP contribution in [0.25, 0.3) is 0 Å². The van der Waals surface area contributed by atoms with Crippen LogP contribution in [-0.2, 0) is 11.3 Å². The second-order valence-electron chi connectivity index (χ2n) is 7.75. The van der Waals surface area contributed by atoms with E-state index in [-0.39, 0.29) is 5.91 Å². The van der Waals surface area contributed by atoms with Crippen molar-refractivity contribution in [2.24, 2.45) is 16.8 Å². The molecule has 1 aliphatic carbocycles. The molecule has 1 saturated heterocycles. The number of likely N-dealkylation sites (tertiary alicyclic amines) is 1. The van der Waals surface area contributed by atoms with E-state index in [4.69, 9.17) is 4.99 Å². The van der Waals surface area contributed by atoms with E-state index < -0.39 is 5.54 Å². The normalized spacial score (nSPS) is 32.7. The Kier molecular flexibility index (Phi) is 3.75. The van der Waals surface area contributed by atoms with Crippen LogP contribution in [0.4, 0.5) is 0 Å². The number of aliphatic imine (C=N–C) groups is 1. The van der Waals surface area contributed by atoms with Gasteiger partial charge in [0.15, 0.2) is 0 Å². The molecule has 1 spiro atoms. The molecule has 2 aliphatic heterocycles. The van der Waals surface area contributed by atoms with Crippen molar-refractivity contribution in [3.63, 3.8) is 0 Å². The smallest absolute Gasteiger partial charge is 0.255 e. The summed E-state index contributed by atoms with van der Waals surface area (Å²) in [5, 5.41) is 0. The zero-order chi connectivity index (χ0) is 16.9. The van der Waals surface area contributed by atoms with Gasteiger partial charge in [0.25, 0.3) is 5.91 Å². The van der Waals surface area contributed by atoms with Crippen LogP contribution in [0.1, 0.15) is 37.3 Å². The summed E-state index contributed by atoms with van der Waals surface area (Å²) in [6, 6.07) is 8.81. The van der Waals surface area contributed by atoms with Crippen LogP contribution in [0.2, 0.25) is 0 Å². The quantitative estimate of drug-likeness (QED) is 0.857. The molecule has 4 rings (SSSR count). The predicted molar refractivity (Wildman–Crippen MR) is 95.9 cm³/mol. The fourth-order valence-electron chi connectivity index (χ4n) is 4.95. The van der Waals surface area contributed by atoms with Gasteiger partial charge in [-0.15, -0.1) is 0 Å². The molecule has 0 unspecified atom stereocenters. The van der Waals surface area contributed by atoms with Gasteiger partial charge in [0.2, 0.25) is 0 Å². The molecule has 2 fully saturated rings. The Hall–Kier alpha value is -1.68. The van der Waals surface area contributed by atoms with Crippen LogP contribution >= 0.6 is 0 Å². The molecule has 1 aromatic carbocycles. The molecule has 1 amide bonds. The van der Waals surface area contributed by atoms with Crippen LogP contribution in [0.5, 0.6) is 0 Å². The first-order chi connectivity index (χ1) is 11.5. The first-order valence-corrected chi connectivity index (χ1v) is 9.18. The van der Waals surface area contributed by atoms with E-state index in [0.717, 1.165) is 44.7 Å². The minimum Gasteiger partial charge on any atom is -0.302 e. The number of hydrogen-bond acceptors (Lipinski definition) is 3. The van der Waals surface area contributed by atoms with E-state index >= 15 is 0 Å². The highest BCUT2D eigenvalue weighted by Gasteiger charge is 2.60. The number of likely N-dealkylation sites (N-methyl/N-ethyl adjacent to an activating group) is 1. The van der Waals surface area contributed by atoms with Crippen LogP contribution in [-0.4, -0.2) is 47.2 Å². The highest BCUT2D eigenvalue weighted by Crippen LogP contribution is 2.50. The minimum atomic E-state index is -0.452. The lowest BCUT2D eigenvalue weighted by Gasteiger charge is -2.27. The third-order valence-corrected chi connectivity index (χ3v) is 6.26. The van der Waals surface area contributed by atoms with Crippen molar-refractivity contribution in [3.05, 3.63) is 35.4 Å². The van der Waals surface area contributed by atoms with Crippen LogP contribution in [0, 0.1) is 18.8 Å². The van der Waals surface area contributed by atoms with Gasteiger partial charge in [-0.25, -0.2) is 0 Å². The van der Waals surface area contributed by atoms with Crippen LogP contribution in [0.15, 0.2) is 29.3 Å². The van der Waals surface area contributed by atoms with Gasteiger partial charge in [-0.05, 0) is 31.2 Å². The highest BCUT2D eigenvalue weighted by molar-refractivity contribution is 6.08. The predicted octanol–water partition coefficient (Wildman–Crippen LogP) is 2.86. The lowest BCUT2D eigenvalue weighted by atomic mass is 9.85. The average Bonchev–Trinajstić information content (AvgIpc) is 3.20. The van der Waals surface area contributed by atoms with Gasteiger partial charge in [0.05, 0.1) is 0 Å². The molecule has 3 atom stereocenters. The number of amidine groups is 1. The van der Waals surface area contributed by atoms with Crippen molar-refractivity contribution in [2.75, 3.05) is 20.1 Å². The molecule has 4 heteroatoms. The number of aryl methyl sites for hydroxylation is 1. The number of hydrogen-bond donors (Lipinski definition) is 0. The number of nitrogens with zero attached hydrogens (tertiary/aromatic N) is 3. The molecule has 24 heavy (non-hydrogen) atoms. The fraction of sp³-hybridized carbons (Fsp3) is 0.600. The maximum absolute atomic E-state index is 12.9. The third-order valence-electron chi connectivity index (χ3n) is 6.26. The largest absolute Gasteiger partial charge is 0.302 e. The summed E-state index contributed by atoms with van der Waals surface area (Å²) in [6.45, 7) is 7.30. The van der Waals surface area contributed by atoms with Crippen molar-refractivity contribution >= 4 is 11.7 Å². The number of amides is 1. The fourth-order valence-corrected chi connectivity index (χ4v) is 4.95. The number of fused-ring (bicyclic) bond motifs is 2. The molecule has 128 valence electrons. The lowest BCUT2D eigenvalue weighted by Crippen LogP contribution is -2.45. The van der Waals surface area contributed by atoms with Gasteiger partial charge in [-0.1, -0.05) is 36.8 Å². The van der Waals surface area contributed by atoms with Crippen LogP contribution < -0.4 is 0 Å². The number of carbonyl (C=O) groups is 1. The Bertz CT molecular complexity index is 681. The number of benzene rings is 1. The SMILES string of the molecule is CCC1=N[C@]2(CC[C@H]3CN(Cc4ccc(C)cc4)C[C@H]32)C(=O)N1C. The summed E-state index contributed by atoms with van der Waals surface area (Å²) in [5.41, 5.74) is 2.21. The van der Waals surface area contributed by atoms with Crippen molar-refractivity contribution in [1.29, 1.82) is 0 Å². The first kappa shape index (κ1) is 15.8. The van der Waals surface area contributed by atoms with Crippen molar-refractivity contribution < 1.29 is 4.79 Å². The second kappa shape index (κ2) is 5.69. The van der Waals surface area contributed by atoms with E-state index in [1.165, 1.54) is 11.1 Å². The molecule has 0 aromatic heterocycles. The first-order valence-electron chi connectivity index (χ1n) is 9.18. The van der Waals surface area contributed by atoms with E-state index in [0.29, 0.717) is 11.8 Å². The lowest BCUT2D eigenvalue weighted by molar-refractivity contribution is -0.131. The summed E-state index contributed by atoms with van der Waals surface area (Å²) < 4.78 is 0. The second-order valence-corrected chi connectivity index (χ2v) is 7.75. The Labute approximate surface area is 144 Å². The van der Waals surface area contributed by atoms with E-state index in [1.807, 2.05) is 11.9 Å². The molecule has 4 nitrogen and oxygen atoms in total. The molecule has 0 bridgehead atoms. The monoisotopic (exact) mass is 325 g/mol. The van der Waals surface area contributed by atoms with E-state index in [1.54, 1.807) is 0 Å². The summed E-state index contributed by atoms with van der Waals surface area (Å²) >= 11 is 0. The standard InChI is InChI=1S/C20H27N3O/c1-4-18-21-20(19(24)22(18)3)10-9-16-12-23(13-17(16)20)11-15-7-5-14(2)6-8-15/h5-8,16-17H,4,9-13H2,1-3H3/t16-,17+,20-/m0/s1. The van der Waals surface area contributed by atoms with E-state index in [2.05, 4.69) is 43.0 Å². The molecule has 1 aromatic rings. The summed E-state index contributed by atoms with van der Waals surface area (Å²) in [5.74, 6) is 2.22. The van der Waals surface area contributed by atoms with E-state index in [9.17, 15) is 4.79 Å². The molecule has 0 radical (unpaired) electrons. The molecule has 2 heterocycles. The summed E-state index contributed by atoms with van der Waals surface area (Å²) in [6.07, 6.45) is 2.91. The topological polar surface area (TPSA) is 35.9 Å². The summed E-state index contributed by atoms with van der Waals surface area (Å²) in [4.78, 5) is 22.2. The Morgan fingerprint density at radius 3 is 2.67 bits per heavy atom. The maximum Gasteiger partial charge on any atom is 0.255 e. The molecular formula is C20H27N3O. The molecule has 3 aliphatic rings. The van der Waals surface area contributed by atoms with Crippen molar-refractivity contribution in [2.45, 2.75) is 45.2 Å². The third kappa shape index (κ3) is 2.31. The molecule has 1 saturated carbocycles. The van der Waals surface area contributed by atoms with Gasteiger partial charge in [0.1, 0.15) is 11.4 Å². The number of rotatable bonds is 3. The van der Waals surface area contributed by atoms with Crippen molar-refractivity contribution in [1.82, 2.24) is 9.80 Å². The van der Waals surface area contributed by atoms with Crippen LogP contribution in [0.3, 0.4) is 0 Å². The Morgan fingerprint density at radius 1 is 1.25 bits per heavy atom. The van der Waals surface area contributed by atoms with Gasteiger partial charge in [-0.2, -0.15) is 0 Å². The maximum atomic E-state index is 12.9. The zero-order valence-corrected chi connectivity index (χ0v) is 15.0. The highest BCUT2D eigenvalue weighted by atomic mass is 16.2. The van der Waals surface area contributed by atoms with Gasteiger partial charge >= 0.3 is 0 Å².